The second-order valence-corrected chi connectivity index (χ2v) is 6.63. The van der Waals surface area contributed by atoms with E-state index >= 15 is 0 Å². The summed E-state index contributed by atoms with van der Waals surface area (Å²) in [5, 5.41) is 0. The van der Waals surface area contributed by atoms with E-state index in [0.717, 1.165) is 17.7 Å². The maximum atomic E-state index is 12.3. The van der Waals surface area contributed by atoms with Gasteiger partial charge in [0.25, 0.3) is 5.91 Å². The van der Waals surface area contributed by atoms with E-state index in [1.807, 2.05) is 20.9 Å². The van der Waals surface area contributed by atoms with Gasteiger partial charge in [-0.05, 0) is 44.7 Å². The van der Waals surface area contributed by atoms with E-state index in [1.165, 1.54) is 16.9 Å². The number of aryl methyl sites for hydroxylation is 2. The number of carbonyl (C=O) groups is 1. The SMILES string of the molecule is CN(C(=O)c1cc2c(s1)CCC2)C(C)(C)CCl. The summed E-state index contributed by atoms with van der Waals surface area (Å²) in [6.07, 6.45) is 3.50. The zero-order valence-electron chi connectivity index (χ0n) is 10.5. The number of carbonyl (C=O) groups excluding carboxylic acids is 1. The van der Waals surface area contributed by atoms with Gasteiger partial charge in [0.2, 0.25) is 0 Å². The third kappa shape index (κ3) is 2.36. The Morgan fingerprint density at radius 2 is 2.24 bits per heavy atom. The van der Waals surface area contributed by atoms with E-state index in [-0.39, 0.29) is 11.4 Å². The molecule has 1 heterocycles. The van der Waals surface area contributed by atoms with Crippen LogP contribution < -0.4 is 0 Å². The molecular weight excluding hydrogens is 254 g/mol. The first-order valence-corrected chi connectivity index (χ1v) is 7.26. The number of hydrogen-bond acceptors (Lipinski definition) is 2. The van der Waals surface area contributed by atoms with E-state index in [2.05, 4.69) is 6.07 Å². The topological polar surface area (TPSA) is 20.3 Å². The third-order valence-electron chi connectivity index (χ3n) is 3.50. The second kappa shape index (κ2) is 4.62. The first-order chi connectivity index (χ1) is 7.95. The highest BCUT2D eigenvalue weighted by Crippen LogP contribution is 2.32. The lowest BCUT2D eigenvalue weighted by Gasteiger charge is -2.33. The Hall–Kier alpha value is -0.540. The predicted octanol–water partition coefficient (Wildman–Crippen LogP) is 3.33. The molecule has 1 aliphatic rings. The predicted molar refractivity (Wildman–Crippen MR) is 73.2 cm³/mol. The van der Waals surface area contributed by atoms with Crippen LogP contribution >= 0.6 is 22.9 Å². The van der Waals surface area contributed by atoms with E-state index in [1.54, 1.807) is 16.2 Å². The van der Waals surface area contributed by atoms with Crippen LogP contribution in [-0.2, 0) is 12.8 Å². The minimum Gasteiger partial charge on any atom is -0.335 e. The first kappa shape index (κ1) is 12.9. The standard InChI is InChI=1S/C13H18ClNOS/c1-13(2,8-14)15(3)12(16)11-7-9-5-4-6-10(9)17-11/h7H,4-6,8H2,1-3H3. The summed E-state index contributed by atoms with van der Waals surface area (Å²) in [6, 6.07) is 2.07. The molecule has 0 fully saturated rings. The minimum atomic E-state index is -0.299. The van der Waals surface area contributed by atoms with Crippen LogP contribution in [-0.4, -0.2) is 29.3 Å². The van der Waals surface area contributed by atoms with Crippen molar-refractivity contribution in [3.05, 3.63) is 21.4 Å². The lowest BCUT2D eigenvalue weighted by atomic mass is 10.1. The first-order valence-electron chi connectivity index (χ1n) is 5.91. The van der Waals surface area contributed by atoms with Crippen LogP contribution in [0.3, 0.4) is 0 Å². The van der Waals surface area contributed by atoms with Crippen LogP contribution in [0.4, 0.5) is 0 Å². The summed E-state index contributed by atoms with van der Waals surface area (Å²) in [4.78, 5) is 16.3. The van der Waals surface area contributed by atoms with E-state index < -0.39 is 0 Å². The van der Waals surface area contributed by atoms with Crippen molar-refractivity contribution < 1.29 is 4.79 Å². The Morgan fingerprint density at radius 3 is 2.82 bits per heavy atom. The Bertz CT molecular complexity index is 417. The molecule has 0 saturated carbocycles. The lowest BCUT2D eigenvalue weighted by Crippen LogP contribution is -2.46. The molecule has 0 unspecified atom stereocenters. The summed E-state index contributed by atoms with van der Waals surface area (Å²) in [5.74, 6) is 0.537. The summed E-state index contributed by atoms with van der Waals surface area (Å²) in [7, 11) is 1.83. The molecule has 2 nitrogen and oxygen atoms in total. The fourth-order valence-corrected chi connectivity index (χ4v) is 3.37. The van der Waals surface area contributed by atoms with Crippen molar-refractivity contribution in [2.75, 3.05) is 12.9 Å². The number of rotatable bonds is 3. The van der Waals surface area contributed by atoms with Gasteiger partial charge >= 0.3 is 0 Å². The van der Waals surface area contributed by atoms with E-state index in [4.69, 9.17) is 11.6 Å². The second-order valence-electron chi connectivity index (χ2n) is 5.22. The molecule has 0 atom stereocenters. The zero-order chi connectivity index (χ0) is 12.6. The molecule has 4 heteroatoms. The van der Waals surface area contributed by atoms with Crippen LogP contribution in [0, 0.1) is 0 Å². The van der Waals surface area contributed by atoms with Gasteiger partial charge in [0.15, 0.2) is 0 Å². The highest BCUT2D eigenvalue weighted by atomic mass is 35.5. The van der Waals surface area contributed by atoms with Crippen molar-refractivity contribution in [1.29, 1.82) is 0 Å². The van der Waals surface area contributed by atoms with Gasteiger partial charge in [-0.2, -0.15) is 0 Å². The van der Waals surface area contributed by atoms with Crippen molar-refractivity contribution in [3.63, 3.8) is 0 Å². The number of nitrogens with zero attached hydrogens (tertiary/aromatic N) is 1. The zero-order valence-corrected chi connectivity index (χ0v) is 12.1. The Kier molecular flexibility index (Phi) is 3.50. The maximum absolute atomic E-state index is 12.3. The van der Waals surface area contributed by atoms with Crippen LogP contribution in [0.15, 0.2) is 6.07 Å². The fourth-order valence-electron chi connectivity index (χ4n) is 1.96. The molecule has 2 rings (SSSR count). The number of fused-ring (bicyclic) bond motifs is 1. The maximum Gasteiger partial charge on any atom is 0.264 e. The molecule has 1 aromatic heterocycles. The monoisotopic (exact) mass is 271 g/mol. The molecular formula is C13H18ClNOS. The van der Waals surface area contributed by atoms with Crippen LogP contribution in [0.1, 0.15) is 40.4 Å². The Labute approximate surface area is 112 Å². The van der Waals surface area contributed by atoms with Gasteiger partial charge in [-0.1, -0.05) is 0 Å². The average molecular weight is 272 g/mol. The average Bonchev–Trinajstić information content (AvgIpc) is 2.86. The summed E-state index contributed by atoms with van der Waals surface area (Å²) < 4.78 is 0. The largest absolute Gasteiger partial charge is 0.335 e. The van der Waals surface area contributed by atoms with Gasteiger partial charge in [0.05, 0.1) is 10.4 Å². The summed E-state index contributed by atoms with van der Waals surface area (Å²) >= 11 is 7.55. The van der Waals surface area contributed by atoms with Crippen LogP contribution in [0.25, 0.3) is 0 Å². The van der Waals surface area contributed by atoms with Crippen molar-refractivity contribution in [2.24, 2.45) is 0 Å². The summed E-state index contributed by atoms with van der Waals surface area (Å²) in [6.45, 7) is 3.97. The molecule has 17 heavy (non-hydrogen) atoms. The molecule has 1 aliphatic carbocycles. The van der Waals surface area contributed by atoms with Gasteiger partial charge in [0.1, 0.15) is 0 Å². The van der Waals surface area contributed by atoms with Gasteiger partial charge < -0.3 is 4.90 Å². The molecule has 0 bridgehead atoms. The Morgan fingerprint density at radius 1 is 1.53 bits per heavy atom. The third-order valence-corrected chi connectivity index (χ3v) is 5.38. The minimum absolute atomic E-state index is 0.0926. The quantitative estimate of drug-likeness (QED) is 0.773. The van der Waals surface area contributed by atoms with Crippen LogP contribution in [0.5, 0.6) is 0 Å². The van der Waals surface area contributed by atoms with Crippen molar-refractivity contribution in [3.8, 4) is 0 Å². The number of thiophene rings is 1. The fraction of sp³-hybridized carbons (Fsp3) is 0.615. The highest BCUT2D eigenvalue weighted by Gasteiger charge is 2.29. The molecule has 1 amide bonds. The normalized spacial score (nSPS) is 14.8. The van der Waals surface area contributed by atoms with Gasteiger partial charge in [-0.3, -0.25) is 4.79 Å². The van der Waals surface area contributed by atoms with Crippen LogP contribution in [0.2, 0.25) is 0 Å². The van der Waals surface area contributed by atoms with Gasteiger partial charge in [-0.15, -0.1) is 22.9 Å². The number of amides is 1. The van der Waals surface area contributed by atoms with Crippen molar-refractivity contribution >= 4 is 28.8 Å². The molecule has 0 aliphatic heterocycles. The molecule has 0 radical (unpaired) electrons. The van der Waals surface area contributed by atoms with Gasteiger partial charge in [0, 0.05) is 17.8 Å². The molecule has 1 aromatic rings. The lowest BCUT2D eigenvalue weighted by molar-refractivity contribution is 0.0665. The van der Waals surface area contributed by atoms with E-state index in [0.29, 0.717) is 5.88 Å². The molecule has 0 aromatic carbocycles. The van der Waals surface area contributed by atoms with Crippen molar-refractivity contribution in [1.82, 2.24) is 4.90 Å². The van der Waals surface area contributed by atoms with Crippen molar-refractivity contribution in [2.45, 2.75) is 38.6 Å². The Balaban J connectivity index is 2.19. The molecule has 0 spiro atoms. The molecule has 0 saturated heterocycles. The van der Waals surface area contributed by atoms with Gasteiger partial charge in [-0.25, -0.2) is 0 Å². The summed E-state index contributed by atoms with van der Waals surface area (Å²) in [5.41, 5.74) is 1.07. The highest BCUT2D eigenvalue weighted by molar-refractivity contribution is 7.14. The number of alkyl halides is 1. The smallest absolute Gasteiger partial charge is 0.264 e. The number of halogens is 1. The molecule has 94 valence electrons. The van der Waals surface area contributed by atoms with E-state index in [9.17, 15) is 4.79 Å². The molecule has 0 N–H and O–H groups in total. The number of hydrogen-bond donors (Lipinski definition) is 0.